The van der Waals surface area contributed by atoms with Crippen molar-refractivity contribution in [3.8, 4) is 11.5 Å². The molecule has 2 rings (SSSR count). The molecule has 1 atom stereocenters. The zero-order chi connectivity index (χ0) is 15.9. The van der Waals surface area contributed by atoms with Crippen molar-refractivity contribution >= 4 is 5.91 Å². The zero-order valence-electron chi connectivity index (χ0n) is 13.9. The zero-order valence-corrected chi connectivity index (χ0v) is 13.9. The Labute approximate surface area is 133 Å². The molecule has 1 aliphatic rings. The van der Waals surface area contributed by atoms with Crippen LogP contribution in [0.1, 0.15) is 57.1 Å². The van der Waals surface area contributed by atoms with E-state index in [1.807, 2.05) is 25.1 Å². The number of methoxy groups -OCH3 is 2. The normalized spacial score (nSPS) is 16.3. The smallest absolute Gasteiger partial charge is 0.220 e. The molecule has 0 saturated heterocycles. The highest BCUT2D eigenvalue weighted by molar-refractivity contribution is 5.76. The van der Waals surface area contributed by atoms with Crippen molar-refractivity contribution in [1.82, 2.24) is 5.32 Å². The van der Waals surface area contributed by atoms with E-state index in [0.717, 1.165) is 17.9 Å². The molecule has 1 aliphatic carbocycles. The number of hydrogen-bond acceptors (Lipinski definition) is 3. The van der Waals surface area contributed by atoms with E-state index in [4.69, 9.17) is 9.47 Å². The van der Waals surface area contributed by atoms with Crippen LogP contribution < -0.4 is 14.8 Å². The molecule has 4 nitrogen and oxygen atoms in total. The third-order valence-electron chi connectivity index (χ3n) is 4.54. The molecule has 0 aromatic heterocycles. The van der Waals surface area contributed by atoms with Gasteiger partial charge in [0.05, 0.1) is 20.3 Å². The maximum atomic E-state index is 12.1. The van der Waals surface area contributed by atoms with Crippen LogP contribution in [0.3, 0.4) is 0 Å². The minimum atomic E-state index is -0.0316. The molecule has 0 heterocycles. The first-order valence-corrected chi connectivity index (χ1v) is 8.15. The number of amides is 1. The van der Waals surface area contributed by atoms with Gasteiger partial charge in [0.2, 0.25) is 5.91 Å². The second-order valence-electron chi connectivity index (χ2n) is 6.09. The van der Waals surface area contributed by atoms with Crippen molar-refractivity contribution in [1.29, 1.82) is 0 Å². The van der Waals surface area contributed by atoms with Gasteiger partial charge < -0.3 is 14.8 Å². The molecule has 4 heteroatoms. The summed E-state index contributed by atoms with van der Waals surface area (Å²) in [6, 6.07) is 5.72. The van der Waals surface area contributed by atoms with Crippen molar-refractivity contribution in [3.05, 3.63) is 23.8 Å². The molecule has 1 aromatic carbocycles. The van der Waals surface area contributed by atoms with Gasteiger partial charge in [-0.05, 0) is 37.0 Å². The predicted molar refractivity (Wildman–Crippen MR) is 87.3 cm³/mol. The van der Waals surface area contributed by atoms with Gasteiger partial charge in [-0.25, -0.2) is 0 Å². The number of benzene rings is 1. The molecule has 0 bridgehead atoms. The Kier molecular flexibility index (Phi) is 6.10. The van der Waals surface area contributed by atoms with Crippen LogP contribution in [0.15, 0.2) is 18.2 Å². The summed E-state index contributed by atoms with van der Waals surface area (Å²) in [5.74, 6) is 2.27. The van der Waals surface area contributed by atoms with Gasteiger partial charge >= 0.3 is 0 Å². The van der Waals surface area contributed by atoms with Gasteiger partial charge in [0.25, 0.3) is 0 Å². The van der Waals surface area contributed by atoms with Crippen LogP contribution in [0.2, 0.25) is 0 Å². The van der Waals surface area contributed by atoms with Gasteiger partial charge in [-0.2, -0.15) is 0 Å². The lowest BCUT2D eigenvalue weighted by Gasteiger charge is -2.17. The Balaban J connectivity index is 1.87. The monoisotopic (exact) mass is 305 g/mol. The molecule has 0 spiro atoms. The highest BCUT2D eigenvalue weighted by Gasteiger charge is 2.17. The average Bonchev–Trinajstić information content (AvgIpc) is 3.05. The van der Waals surface area contributed by atoms with Crippen LogP contribution in [0.4, 0.5) is 0 Å². The second kappa shape index (κ2) is 8.06. The summed E-state index contributed by atoms with van der Waals surface area (Å²) in [7, 11) is 3.23. The Hall–Kier alpha value is -1.71. The lowest BCUT2D eigenvalue weighted by molar-refractivity contribution is -0.122. The van der Waals surface area contributed by atoms with Gasteiger partial charge in [-0.3, -0.25) is 4.79 Å². The second-order valence-corrected chi connectivity index (χ2v) is 6.09. The standard InChI is InChI=1S/C18H27NO3/c1-13(15-9-10-16(21-2)17(12-15)22-3)19-18(20)11-8-14-6-4-5-7-14/h9-10,12-14H,4-8,11H2,1-3H3,(H,19,20)/t13-/m0/s1. The van der Waals surface area contributed by atoms with Gasteiger partial charge in [-0.1, -0.05) is 31.7 Å². The van der Waals surface area contributed by atoms with Crippen molar-refractivity contribution < 1.29 is 14.3 Å². The van der Waals surface area contributed by atoms with E-state index in [-0.39, 0.29) is 11.9 Å². The highest BCUT2D eigenvalue weighted by atomic mass is 16.5. The average molecular weight is 305 g/mol. The highest BCUT2D eigenvalue weighted by Crippen LogP contribution is 2.30. The number of rotatable bonds is 7. The third kappa shape index (κ3) is 4.39. The lowest BCUT2D eigenvalue weighted by atomic mass is 10.0. The predicted octanol–water partition coefficient (Wildman–Crippen LogP) is 3.85. The Bertz CT molecular complexity index is 495. The Morgan fingerprint density at radius 2 is 1.91 bits per heavy atom. The van der Waals surface area contributed by atoms with Crippen LogP contribution in [0.5, 0.6) is 11.5 Å². The largest absolute Gasteiger partial charge is 0.493 e. The van der Waals surface area contributed by atoms with Gasteiger partial charge in [0, 0.05) is 6.42 Å². The molecule has 0 aliphatic heterocycles. The Morgan fingerprint density at radius 1 is 1.23 bits per heavy atom. The van der Waals surface area contributed by atoms with E-state index in [0.29, 0.717) is 17.9 Å². The quantitative estimate of drug-likeness (QED) is 0.832. The number of carbonyl (C=O) groups is 1. The minimum Gasteiger partial charge on any atom is -0.493 e. The molecule has 1 aromatic rings. The summed E-state index contributed by atoms with van der Waals surface area (Å²) in [5, 5.41) is 3.07. The molecule has 1 saturated carbocycles. The summed E-state index contributed by atoms with van der Waals surface area (Å²) in [6.45, 7) is 1.99. The minimum absolute atomic E-state index is 0.0316. The van der Waals surface area contributed by atoms with E-state index >= 15 is 0 Å². The molecule has 0 radical (unpaired) electrons. The fourth-order valence-electron chi connectivity index (χ4n) is 3.15. The number of ether oxygens (including phenoxy) is 2. The van der Waals surface area contributed by atoms with E-state index in [9.17, 15) is 4.79 Å². The first-order chi connectivity index (χ1) is 10.6. The lowest BCUT2D eigenvalue weighted by Crippen LogP contribution is -2.26. The maximum absolute atomic E-state index is 12.1. The van der Waals surface area contributed by atoms with Crippen molar-refractivity contribution in [2.75, 3.05) is 14.2 Å². The summed E-state index contributed by atoms with van der Waals surface area (Å²) in [5.41, 5.74) is 1.02. The molecule has 1 N–H and O–H groups in total. The van der Waals surface area contributed by atoms with Crippen molar-refractivity contribution in [2.45, 2.75) is 51.5 Å². The van der Waals surface area contributed by atoms with Crippen LogP contribution in [0, 0.1) is 5.92 Å². The van der Waals surface area contributed by atoms with E-state index < -0.39 is 0 Å². The molecular formula is C18H27NO3. The van der Waals surface area contributed by atoms with Crippen LogP contribution in [-0.4, -0.2) is 20.1 Å². The SMILES string of the molecule is COc1ccc([C@H](C)NC(=O)CCC2CCCC2)cc1OC. The van der Waals surface area contributed by atoms with E-state index in [1.54, 1.807) is 14.2 Å². The van der Waals surface area contributed by atoms with Gasteiger partial charge in [0.1, 0.15) is 0 Å². The number of hydrogen-bond donors (Lipinski definition) is 1. The summed E-state index contributed by atoms with van der Waals surface area (Å²) < 4.78 is 10.5. The fourth-order valence-corrected chi connectivity index (χ4v) is 3.15. The summed E-state index contributed by atoms with van der Waals surface area (Å²) in [4.78, 5) is 12.1. The van der Waals surface area contributed by atoms with Crippen LogP contribution in [-0.2, 0) is 4.79 Å². The summed E-state index contributed by atoms with van der Waals surface area (Å²) in [6.07, 6.45) is 6.88. The molecule has 122 valence electrons. The number of carbonyl (C=O) groups excluding carboxylic acids is 1. The topological polar surface area (TPSA) is 47.6 Å². The Morgan fingerprint density at radius 3 is 2.55 bits per heavy atom. The molecule has 1 fully saturated rings. The van der Waals surface area contributed by atoms with E-state index in [2.05, 4.69) is 5.32 Å². The van der Waals surface area contributed by atoms with E-state index in [1.165, 1.54) is 25.7 Å². The number of nitrogens with one attached hydrogen (secondary N) is 1. The van der Waals surface area contributed by atoms with Crippen LogP contribution in [0.25, 0.3) is 0 Å². The first-order valence-electron chi connectivity index (χ1n) is 8.15. The van der Waals surface area contributed by atoms with Crippen molar-refractivity contribution in [3.63, 3.8) is 0 Å². The van der Waals surface area contributed by atoms with Crippen molar-refractivity contribution in [2.24, 2.45) is 5.92 Å². The molecular weight excluding hydrogens is 278 g/mol. The summed E-state index contributed by atoms with van der Waals surface area (Å²) >= 11 is 0. The van der Waals surface area contributed by atoms with Crippen LogP contribution >= 0.6 is 0 Å². The van der Waals surface area contributed by atoms with Gasteiger partial charge in [0.15, 0.2) is 11.5 Å². The maximum Gasteiger partial charge on any atom is 0.220 e. The molecule has 22 heavy (non-hydrogen) atoms. The van der Waals surface area contributed by atoms with Gasteiger partial charge in [-0.15, -0.1) is 0 Å². The molecule has 0 unspecified atom stereocenters. The first kappa shape index (κ1) is 16.7. The fraction of sp³-hybridized carbons (Fsp3) is 0.611. The molecule has 1 amide bonds. The third-order valence-corrected chi connectivity index (χ3v) is 4.54.